The third-order valence-electron chi connectivity index (χ3n) is 3.85. The van der Waals surface area contributed by atoms with Crippen molar-refractivity contribution in [2.75, 3.05) is 0 Å². The highest BCUT2D eigenvalue weighted by molar-refractivity contribution is 6.26. The van der Waals surface area contributed by atoms with Crippen LogP contribution in [0.2, 0.25) is 0 Å². The number of alkyl halides is 3. The molecule has 7 heteroatoms. The minimum absolute atomic E-state index is 0.0458. The van der Waals surface area contributed by atoms with E-state index in [4.69, 9.17) is 0 Å². The molecule has 4 nitrogen and oxygen atoms in total. The maximum absolute atomic E-state index is 12.6. The lowest BCUT2D eigenvalue weighted by Gasteiger charge is -2.18. The van der Waals surface area contributed by atoms with E-state index in [1.807, 2.05) is 0 Å². The van der Waals surface area contributed by atoms with Gasteiger partial charge >= 0.3 is 6.18 Å². The molecular formula is C17H11F3N2O2. The van der Waals surface area contributed by atoms with Gasteiger partial charge in [-0.25, -0.2) is 0 Å². The summed E-state index contributed by atoms with van der Waals surface area (Å²) in [4.78, 5) is 24.9. The van der Waals surface area contributed by atoms with E-state index in [0.717, 1.165) is 12.1 Å². The Hall–Kier alpha value is -2.83. The number of carbonyl (C=O) groups is 2. The molecule has 1 aromatic carbocycles. The van der Waals surface area contributed by atoms with Gasteiger partial charge in [0.1, 0.15) is 0 Å². The topological polar surface area (TPSA) is 59.9 Å². The molecule has 0 fully saturated rings. The average Bonchev–Trinajstić information content (AvgIpc) is 2.56. The lowest BCUT2D eigenvalue weighted by Crippen LogP contribution is -2.22. The number of aromatic nitrogens is 2. The van der Waals surface area contributed by atoms with E-state index in [-0.39, 0.29) is 34.8 Å². The number of allylic oxidation sites excluding steroid dienone is 2. The molecule has 0 unspecified atom stereocenters. The number of hydrogen-bond donors (Lipinski definition) is 0. The van der Waals surface area contributed by atoms with Crippen LogP contribution in [0.4, 0.5) is 13.2 Å². The standard InChI is InChI=1S/C17H11F3N2O2/c1-9-13(8-10-6-7-14(22-21-10)17(18,19)20)16(24)12-5-3-2-4-11(12)15(9)23/h2-7H,8H2,1H3. The van der Waals surface area contributed by atoms with Crippen LogP contribution in [0.1, 0.15) is 39.0 Å². The summed E-state index contributed by atoms with van der Waals surface area (Å²) in [5.41, 5.74) is 0.226. The Kier molecular flexibility index (Phi) is 3.79. The molecule has 0 aliphatic heterocycles. The molecule has 1 aromatic heterocycles. The molecule has 1 aliphatic carbocycles. The van der Waals surface area contributed by atoms with Gasteiger partial charge in [0.05, 0.1) is 5.69 Å². The largest absolute Gasteiger partial charge is 0.435 e. The Bertz CT molecular complexity index is 868. The van der Waals surface area contributed by atoms with Crippen molar-refractivity contribution in [1.29, 1.82) is 0 Å². The maximum atomic E-state index is 12.6. The number of Topliss-reactive ketones (excluding diaryl/α,β-unsaturated/α-hetero) is 2. The van der Waals surface area contributed by atoms with E-state index < -0.39 is 11.9 Å². The van der Waals surface area contributed by atoms with Crippen LogP contribution in [-0.4, -0.2) is 21.8 Å². The molecule has 0 saturated carbocycles. The smallest absolute Gasteiger partial charge is 0.289 e. The quantitative estimate of drug-likeness (QED) is 0.845. The fraction of sp³-hybridized carbons (Fsp3) is 0.176. The molecule has 0 bridgehead atoms. The Morgan fingerprint density at radius 1 is 0.917 bits per heavy atom. The normalized spacial score (nSPS) is 14.8. The Morgan fingerprint density at radius 3 is 2.08 bits per heavy atom. The lowest BCUT2D eigenvalue weighted by atomic mass is 9.83. The highest BCUT2D eigenvalue weighted by Crippen LogP contribution is 2.29. The van der Waals surface area contributed by atoms with Crippen molar-refractivity contribution in [2.45, 2.75) is 19.5 Å². The highest BCUT2D eigenvalue weighted by atomic mass is 19.4. The zero-order valence-electron chi connectivity index (χ0n) is 12.5. The molecule has 0 radical (unpaired) electrons. The lowest BCUT2D eigenvalue weighted by molar-refractivity contribution is -0.141. The SMILES string of the molecule is CC1=C(Cc2ccc(C(F)(F)F)nn2)C(=O)c2ccccc2C1=O. The molecule has 0 spiro atoms. The summed E-state index contributed by atoms with van der Waals surface area (Å²) in [5.74, 6) is -0.579. The predicted octanol–water partition coefficient (Wildman–Crippen LogP) is 3.43. The molecule has 0 amide bonds. The first-order valence-electron chi connectivity index (χ1n) is 7.07. The summed E-state index contributed by atoms with van der Waals surface area (Å²) >= 11 is 0. The van der Waals surface area contributed by atoms with Crippen LogP contribution >= 0.6 is 0 Å². The van der Waals surface area contributed by atoms with Crippen molar-refractivity contribution in [3.63, 3.8) is 0 Å². The minimum atomic E-state index is -4.57. The van der Waals surface area contributed by atoms with Crippen LogP contribution < -0.4 is 0 Å². The number of ketones is 2. The Labute approximate surface area is 135 Å². The maximum Gasteiger partial charge on any atom is 0.435 e. The summed E-state index contributed by atoms with van der Waals surface area (Å²) < 4.78 is 37.5. The summed E-state index contributed by atoms with van der Waals surface area (Å²) in [6.07, 6.45) is -4.62. The van der Waals surface area contributed by atoms with Crippen molar-refractivity contribution < 1.29 is 22.8 Å². The number of hydrogen-bond acceptors (Lipinski definition) is 4. The predicted molar refractivity (Wildman–Crippen MR) is 78.5 cm³/mol. The number of halogens is 3. The molecule has 1 aliphatic rings. The average molecular weight is 332 g/mol. The van der Waals surface area contributed by atoms with Crippen LogP contribution in [0.25, 0.3) is 0 Å². The number of benzene rings is 1. The fourth-order valence-corrected chi connectivity index (χ4v) is 2.55. The summed E-state index contributed by atoms with van der Waals surface area (Å²) in [6.45, 7) is 1.53. The molecule has 0 saturated heterocycles. The molecule has 122 valence electrons. The van der Waals surface area contributed by atoms with Gasteiger partial charge in [-0.1, -0.05) is 24.3 Å². The van der Waals surface area contributed by atoms with Crippen molar-refractivity contribution in [3.8, 4) is 0 Å². The van der Waals surface area contributed by atoms with Gasteiger partial charge in [-0.3, -0.25) is 9.59 Å². The summed E-state index contributed by atoms with van der Waals surface area (Å²) in [5, 5.41) is 6.66. The molecule has 3 rings (SSSR count). The van der Waals surface area contributed by atoms with Gasteiger partial charge in [-0.15, -0.1) is 5.10 Å². The Morgan fingerprint density at radius 2 is 1.54 bits per heavy atom. The van der Waals surface area contributed by atoms with Crippen LogP contribution in [0.15, 0.2) is 47.5 Å². The third-order valence-corrected chi connectivity index (χ3v) is 3.85. The van der Waals surface area contributed by atoms with Gasteiger partial charge < -0.3 is 0 Å². The first-order valence-corrected chi connectivity index (χ1v) is 7.07. The summed E-state index contributed by atoms with van der Waals surface area (Å²) in [7, 11) is 0. The van der Waals surface area contributed by atoms with Gasteiger partial charge in [0.25, 0.3) is 0 Å². The van der Waals surface area contributed by atoms with Crippen molar-refractivity contribution in [1.82, 2.24) is 10.2 Å². The van der Waals surface area contributed by atoms with E-state index >= 15 is 0 Å². The van der Waals surface area contributed by atoms with Gasteiger partial charge in [-0.05, 0) is 19.1 Å². The second-order valence-electron chi connectivity index (χ2n) is 5.39. The van der Waals surface area contributed by atoms with Gasteiger partial charge in [0.2, 0.25) is 0 Å². The molecule has 1 heterocycles. The van der Waals surface area contributed by atoms with Gasteiger partial charge in [-0.2, -0.15) is 18.3 Å². The molecular weight excluding hydrogens is 321 g/mol. The first-order chi connectivity index (χ1) is 11.3. The van der Waals surface area contributed by atoms with Crippen molar-refractivity contribution >= 4 is 11.6 Å². The molecule has 24 heavy (non-hydrogen) atoms. The number of carbonyl (C=O) groups excluding carboxylic acids is 2. The second-order valence-corrected chi connectivity index (χ2v) is 5.39. The first kappa shape index (κ1) is 16.0. The van der Waals surface area contributed by atoms with E-state index in [0.29, 0.717) is 11.1 Å². The van der Waals surface area contributed by atoms with E-state index in [1.54, 1.807) is 24.3 Å². The highest BCUT2D eigenvalue weighted by Gasteiger charge is 2.33. The van der Waals surface area contributed by atoms with Gasteiger partial charge in [0.15, 0.2) is 17.3 Å². The number of fused-ring (bicyclic) bond motifs is 1. The van der Waals surface area contributed by atoms with Crippen LogP contribution in [0.5, 0.6) is 0 Å². The van der Waals surface area contributed by atoms with Crippen LogP contribution in [0, 0.1) is 0 Å². The second kappa shape index (κ2) is 5.67. The Balaban J connectivity index is 1.94. The molecule has 0 N–H and O–H groups in total. The third kappa shape index (κ3) is 2.73. The molecule has 0 atom stereocenters. The van der Waals surface area contributed by atoms with E-state index in [2.05, 4.69) is 10.2 Å². The van der Waals surface area contributed by atoms with Crippen LogP contribution in [0.3, 0.4) is 0 Å². The zero-order chi connectivity index (χ0) is 17.5. The minimum Gasteiger partial charge on any atom is -0.289 e. The monoisotopic (exact) mass is 332 g/mol. The van der Waals surface area contributed by atoms with E-state index in [1.165, 1.54) is 6.92 Å². The number of nitrogens with zero attached hydrogens (tertiary/aromatic N) is 2. The van der Waals surface area contributed by atoms with E-state index in [9.17, 15) is 22.8 Å². The summed E-state index contributed by atoms with van der Waals surface area (Å²) in [6, 6.07) is 8.42. The molecule has 2 aromatic rings. The fourth-order valence-electron chi connectivity index (χ4n) is 2.55. The van der Waals surface area contributed by atoms with Gasteiger partial charge in [0, 0.05) is 28.7 Å². The van der Waals surface area contributed by atoms with Crippen LogP contribution in [-0.2, 0) is 12.6 Å². The number of rotatable bonds is 2. The van der Waals surface area contributed by atoms with Crippen molar-refractivity contribution in [3.05, 3.63) is 70.1 Å². The van der Waals surface area contributed by atoms with Crippen molar-refractivity contribution in [2.24, 2.45) is 0 Å². The zero-order valence-corrected chi connectivity index (χ0v) is 12.5.